The lowest BCUT2D eigenvalue weighted by molar-refractivity contribution is -0.113. The number of fused-ring (bicyclic) bond motifs is 1. The Balaban J connectivity index is 1.35. The van der Waals surface area contributed by atoms with E-state index in [4.69, 9.17) is 4.74 Å². The molecule has 51 heavy (non-hydrogen) atoms. The summed E-state index contributed by atoms with van der Waals surface area (Å²) in [5.74, 6) is 0.159. The van der Waals surface area contributed by atoms with Gasteiger partial charge in [-0.3, -0.25) is 0 Å². The lowest BCUT2D eigenvalue weighted by Gasteiger charge is -2.39. The molecule has 0 unspecified atom stereocenters. The van der Waals surface area contributed by atoms with Crippen LogP contribution in [0.4, 0.5) is 4.79 Å². The lowest BCUT2D eigenvalue weighted by Crippen LogP contribution is -2.61. The number of nitrogens with zero attached hydrogens (tertiary/aromatic N) is 2. The van der Waals surface area contributed by atoms with Gasteiger partial charge >= 0.3 is 6.09 Å². The van der Waals surface area contributed by atoms with Crippen molar-refractivity contribution in [1.82, 2.24) is 19.9 Å². The average Bonchev–Trinajstić information content (AvgIpc) is 3.88. The normalized spacial score (nSPS) is 15.9. The van der Waals surface area contributed by atoms with Crippen LogP contribution in [0.1, 0.15) is 69.4 Å². The number of aromatic nitrogens is 1. The number of ether oxygens (including phenoxy) is 1. The van der Waals surface area contributed by atoms with Crippen LogP contribution in [0.15, 0.2) is 89.3 Å². The van der Waals surface area contributed by atoms with E-state index in [9.17, 15) is 23.1 Å². The van der Waals surface area contributed by atoms with Crippen LogP contribution in [-0.2, 0) is 19.6 Å². The smallest absolute Gasteiger partial charge is 0.407 e. The zero-order chi connectivity index (χ0) is 36.4. The molecular formula is C39H50N4O6S2. The van der Waals surface area contributed by atoms with Gasteiger partial charge < -0.3 is 25.3 Å². The topological polar surface area (TPSA) is 138 Å². The Morgan fingerprint density at radius 1 is 1.04 bits per heavy atom. The number of aliphatic hydroxyl groups is 1. The highest BCUT2D eigenvalue weighted by Crippen LogP contribution is 2.38. The minimum absolute atomic E-state index is 0.0183. The Morgan fingerprint density at radius 2 is 1.71 bits per heavy atom. The minimum atomic E-state index is -3.90. The largest absolute Gasteiger partial charge is 0.453 e. The number of aliphatic hydroxyl groups excluding tert-OH is 1. The first kappa shape index (κ1) is 38.5. The third-order valence-corrected chi connectivity index (χ3v) is 12.6. The molecule has 3 N–H and O–H groups in total. The highest BCUT2D eigenvalue weighted by Gasteiger charge is 2.44. The van der Waals surface area contributed by atoms with Gasteiger partial charge in [0.25, 0.3) is 0 Å². The van der Waals surface area contributed by atoms with Gasteiger partial charge in [0.15, 0.2) is 0 Å². The van der Waals surface area contributed by atoms with Crippen molar-refractivity contribution in [1.29, 1.82) is 0 Å². The zero-order valence-electron chi connectivity index (χ0n) is 29.6. The Morgan fingerprint density at radius 3 is 2.27 bits per heavy atom. The highest BCUT2D eigenvalue weighted by molar-refractivity contribution is 7.89. The van der Waals surface area contributed by atoms with Gasteiger partial charge in [0.1, 0.15) is 11.8 Å². The Kier molecular flexibility index (Phi) is 13.4. The van der Waals surface area contributed by atoms with Crippen LogP contribution in [0.3, 0.4) is 0 Å². The predicted octanol–water partition coefficient (Wildman–Crippen LogP) is 6.36. The summed E-state index contributed by atoms with van der Waals surface area (Å²) in [5.41, 5.74) is 2.83. The monoisotopic (exact) mass is 734 g/mol. The first-order valence-electron chi connectivity index (χ1n) is 17.7. The minimum Gasteiger partial charge on any atom is -0.453 e. The number of hydrogen-bond donors (Lipinski definition) is 3. The number of nitrogens with one attached hydrogen (secondary N) is 2. The van der Waals surface area contributed by atoms with Crippen molar-refractivity contribution >= 4 is 44.0 Å². The van der Waals surface area contributed by atoms with Gasteiger partial charge in [0.05, 0.1) is 34.3 Å². The summed E-state index contributed by atoms with van der Waals surface area (Å²) in [6.45, 7) is 4.28. The molecule has 0 aliphatic heterocycles. The zero-order valence-corrected chi connectivity index (χ0v) is 31.2. The fourth-order valence-electron chi connectivity index (χ4n) is 6.90. The highest BCUT2D eigenvalue weighted by atomic mass is 32.2. The second kappa shape index (κ2) is 17.7. The second-order valence-electron chi connectivity index (χ2n) is 13.9. The number of amides is 1. The van der Waals surface area contributed by atoms with Gasteiger partial charge in [-0.1, -0.05) is 80.9 Å². The van der Waals surface area contributed by atoms with Crippen molar-refractivity contribution in [2.24, 2.45) is 11.8 Å². The molecule has 1 aromatic heterocycles. The molecule has 4 aromatic rings. The maximum Gasteiger partial charge on any atom is 0.407 e. The van der Waals surface area contributed by atoms with Crippen molar-refractivity contribution < 1.29 is 27.9 Å². The van der Waals surface area contributed by atoms with E-state index in [1.54, 1.807) is 23.7 Å². The summed E-state index contributed by atoms with van der Waals surface area (Å²) in [7, 11) is -2.61. The van der Waals surface area contributed by atoms with Crippen LogP contribution in [0.5, 0.6) is 0 Å². The quantitative estimate of drug-likeness (QED) is 0.0893. The number of carbonyl (C=O) groups excluding carboxylic acids is 2. The summed E-state index contributed by atoms with van der Waals surface area (Å²) in [4.78, 5) is 30.6. The van der Waals surface area contributed by atoms with Crippen LogP contribution in [-0.4, -0.2) is 79.6 Å². The number of sulfonamides is 1. The molecule has 3 aromatic carbocycles. The molecule has 3 atom stereocenters. The fraction of sp³-hybridized carbons (Fsp3) is 0.462. The molecule has 0 saturated heterocycles. The molecular weight excluding hydrogens is 685 g/mol. The van der Waals surface area contributed by atoms with Crippen LogP contribution < -0.4 is 10.6 Å². The van der Waals surface area contributed by atoms with Crippen molar-refractivity contribution in [2.45, 2.75) is 80.8 Å². The van der Waals surface area contributed by atoms with Crippen LogP contribution in [0.2, 0.25) is 0 Å². The fourth-order valence-corrected chi connectivity index (χ4v) is 9.37. The van der Waals surface area contributed by atoms with E-state index in [-0.39, 0.29) is 30.0 Å². The maximum atomic E-state index is 14.1. The van der Waals surface area contributed by atoms with E-state index < -0.39 is 33.6 Å². The number of benzene rings is 3. The van der Waals surface area contributed by atoms with E-state index in [1.165, 1.54) is 22.8 Å². The maximum absolute atomic E-state index is 14.1. The number of alkyl carbamates (subject to hydrolysis) is 1. The number of methoxy groups -OCH3 is 1. The molecule has 1 amide bonds. The van der Waals surface area contributed by atoms with E-state index in [1.807, 2.05) is 60.7 Å². The molecule has 1 saturated carbocycles. The van der Waals surface area contributed by atoms with Crippen molar-refractivity contribution in [3.63, 3.8) is 0 Å². The molecule has 1 aliphatic carbocycles. The molecule has 0 radical (unpaired) electrons. The number of carbonyl (C=O) groups is 2. The number of hydrogen-bond acceptors (Lipinski definition) is 9. The summed E-state index contributed by atoms with van der Waals surface area (Å²) >= 11 is 1.40. The van der Waals surface area contributed by atoms with Crippen molar-refractivity contribution in [3.8, 4) is 0 Å². The summed E-state index contributed by atoms with van der Waals surface area (Å²) in [6, 6.07) is 23.7. The molecule has 0 bridgehead atoms. The SMILES string of the molecule is COC(=O)N[C@@](C=O)(CN[C@H](CCC[C@@H](CO)N(CCC(C)C)S(=O)(=O)c1ccc2ncsc2c1)C1CC1)C(c1ccccc1)c1ccccc1. The summed E-state index contributed by atoms with van der Waals surface area (Å²) < 4.78 is 35.5. The second-order valence-corrected chi connectivity index (χ2v) is 16.7. The van der Waals surface area contributed by atoms with Gasteiger partial charge in [-0.05, 0) is 73.3 Å². The average molecular weight is 735 g/mol. The van der Waals surface area contributed by atoms with Gasteiger partial charge in [-0.15, -0.1) is 11.3 Å². The first-order chi connectivity index (χ1) is 24.6. The molecule has 10 nitrogen and oxygen atoms in total. The first-order valence-corrected chi connectivity index (χ1v) is 20.1. The number of aldehydes is 1. The van der Waals surface area contributed by atoms with E-state index >= 15 is 0 Å². The predicted molar refractivity (Wildman–Crippen MR) is 201 cm³/mol. The summed E-state index contributed by atoms with van der Waals surface area (Å²) in [5, 5.41) is 17.2. The molecule has 1 heterocycles. The lowest BCUT2D eigenvalue weighted by atomic mass is 9.75. The van der Waals surface area contributed by atoms with Crippen molar-refractivity contribution in [3.05, 3.63) is 95.5 Å². The molecule has 12 heteroatoms. The van der Waals surface area contributed by atoms with Gasteiger partial charge in [-0.2, -0.15) is 4.31 Å². The van der Waals surface area contributed by atoms with Crippen LogP contribution in [0, 0.1) is 11.8 Å². The van der Waals surface area contributed by atoms with Crippen molar-refractivity contribution in [2.75, 3.05) is 26.8 Å². The van der Waals surface area contributed by atoms with E-state index in [0.29, 0.717) is 38.1 Å². The van der Waals surface area contributed by atoms with Gasteiger partial charge in [-0.25, -0.2) is 18.2 Å². The van der Waals surface area contributed by atoms with E-state index in [0.717, 1.165) is 40.5 Å². The Hall–Kier alpha value is -3.68. The Labute approximate surface area is 305 Å². The molecule has 1 fully saturated rings. The molecule has 1 aliphatic rings. The molecule has 0 spiro atoms. The molecule has 5 rings (SSSR count). The van der Waals surface area contributed by atoms with Gasteiger partial charge in [0, 0.05) is 31.1 Å². The standard InChI is InChI=1S/C39H50N4O6S2/c1-28(2)21-22-43(51(47,48)33-19-20-35-36(23-33)50-27-41-35)32(24-44)15-10-16-34(29-17-18-29)40-25-39(26-45,42-38(46)49-3)37(30-11-6-4-7-12-30)31-13-8-5-9-14-31/h4-9,11-14,19-20,23,26-29,32,34,37,40,44H,10,15-18,21-22,24-25H2,1-3H3,(H,42,46)/t32-,34+,39+/m0/s1. The Bertz CT molecular complexity index is 1780. The third kappa shape index (κ3) is 9.61. The number of rotatable bonds is 20. The molecule has 274 valence electrons. The van der Waals surface area contributed by atoms with Gasteiger partial charge in [0.2, 0.25) is 10.0 Å². The van der Waals surface area contributed by atoms with Crippen LogP contribution >= 0.6 is 11.3 Å². The summed E-state index contributed by atoms with van der Waals surface area (Å²) in [6.07, 6.45) is 4.68. The number of thiazole rings is 1. The van der Waals surface area contributed by atoms with Crippen LogP contribution in [0.25, 0.3) is 10.2 Å². The van der Waals surface area contributed by atoms with E-state index in [2.05, 4.69) is 29.5 Å². The third-order valence-electron chi connectivity index (χ3n) is 9.87.